The van der Waals surface area contributed by atoms with E-state index in [0.29, 0.717) is 24.0 Å². The number of nitrogens with zero attached hydrogens (tertiary/aromatic N) is 2. The molecule has 1 atom stereocenters. The highest BCUT2D eigenvalue weighted by atomic mass is 16.5. The molecule has 3 aromatic rings. The summed E-state index contributed by atoms with van der Waals surface area (Å²) in [5.41, 5.74) is 2.25. The summed E-state index contributed by atoms with van der Waals surface area (Å²) in [5.74, 6) is 2.75. The zero-order valence-electron chi connectivity index (χ0n) is 15.8. The lowest BCUT2D eigenvalue weighted by Crippen LogP contribution is -2.10. The fourth-order valence-corrected chi connectivity index (χ4v) is 2.74. The minimum absolute atomic E-state index is 0.153. The number of hydrogen-bond acceptors (Lipinski definition) is 6. The summed E-state index contributed by atoms with van der Waals surface area (Å²) in [6, 6.07) is 18.1. The van der Waals surface area contributed by atoms with E-state index in [1.807, 2.05) is 42.5 Å². The normalized spacial score (nSPS) is 11.5. The second-order valence-electron chi connectivity index (χ2n) is 6.09. The highest BCUT2D eigenvalue weighted by Crippen LogP contribution is 2.27. The average Bonchev–Trinajstić information content (AvgIpc) is 2.73. The van der Waals surface area contributed by atoms with Crippen molar-refractivity contribution >= 4 is 11.8 Å². The van der Waals surface area contributed by atoms with Crippen LogP contribution >= 0.6 is 0 Å². The Morgan fingerprint density at radius 1 is 0.963 bits per heavy atom. The molecular formula is C21H24N4O2. The maximum atomic E-state index is 5.34. The Morgan fingerprint density at radius 2 is 1.74 bits per heavy atom. The van der Waals surface area contributed by atoms with Gasteiger partial charge in [-0.05, 0) is 36.2 Å². The van der Waals surface area contributed by atoms with Crippen molar-refractivity contribution in [2.75, 3.05) is 24.9 Å². The molecule has 6 nitrogen and oxygen atoms in total. The van der Waals surface area contributed by atoms with E-state index in [1.54, 1.807) is 20.4 Å². The average molecular weight is 364 g/mol. The highest BCUT2D eigenvalue weighted by Gasteiger charge is 2.08. The molecule has 27 heavy (non-hydrogen) atoms. The fraction of sp³-hybridized carbons (Fsp3) is 0.238. The lowest BCUT2D eigenvalue weighted by atomic mass is 10.1. The second kappa shape index (κ2) is 8.89. The van der Waals surface area contributed by atoms with E-state index < -0.39 is 0 Å². The van der Waals surface area contributed by atoms with Gasteiger partial charge in [0.2, 0.25) is 5.95 Å². The van der Waals surface area contributed by atoms with E-state index in [9.17, 15) is 0 Å². The van der Waals surface area contributed by atoms with Gasteiger partial charge >= 0.3 is 0 Å². The standard InChI is InChI=1S/C21H24N4O2/c1-15(17-7-5-4-6-8-17)24-20-11-12-22-21(25-20)23-14-16-9-10-18(26-2)19(13-16)27-3/h4-13,15H,14H2,1-3H3,(H2,22,23,24,25). The van der Waals surface area contributed by atoms with Gasteiger partial charge in [0.05, 0.1) is 14.2 Å². The largest absolute Gasteiger partial charge is 0.493 e. The first-order valence-corrected chi connectivity index (χ1v) is 8.79. The summed E-state index contributed by atoms with van der Waals surface area (Å²) in [7, 11) is 3.25. The van der Waals surface area contributed by atoms with Crippen molar-refractivity contribution in [2.24, 2.45) is 0 Å². The van der Waals surface area contributed by atoms with E-state index in [-0.39, 0.29) is 6.04 Å². The molecule has 0 amide bonds. The summed E-state index contributed by atoms with van der Waals surface area (Å²) in [6.07, 6.45) is 1.74. The van der Waals surface area contributed by atoms with E-state index in [4.69, 9.17) is 9.47 Å². The van der Waals surface area contributed by atoms with Crippen LogP contribution in [-0.2, 0) is 6.54 Å². The van der Waals surface area contributed by atoms with E-state index >= 15 is 0 Å². The molecule has 2 aromatic carbocycles. The third-order valence-electron chi connectivity index (χ3n) is 4.22. The van der Waals surface area contributed by atoms with Crippen LogP contribution in [0.1, 0.15) is 24.1 Å². The Hall–Kier alpha value is -3.28. The molecule has 0 bridgehead atoms. The SMILES string of the molecule is COc1ccc(CNc2nccc(NC(C)c3ccccc3)n2)cc1OC. The first kappa shape index (κ1) is 18.5. The lowest BCUT2D eigenvalue weighted by Gasteiger charge is -2.15. The lowest BCUT2D eigenvalue weighted by molar-refractivity contribution is 0.354. The van der Waals surface area contributed by atoms with E-state index in [2.05, 4.69) is 39.7 Å². The molecule has 3 rings (SSSR count). The summed E-state index contributed by atoms with van der Waals surface area (Å²) in [5, 5.41) is 6.65. The molecule has 2 N–H and O–H groups in total. The maximum Gasteiger partial charge on any atom is 0.224 e. The van der Waals surface area contributed by atoms with Crippen LogP contribution in [0.4, 0.5) is 11.8 Å². The van der Waals surface area contributed by atoms with Gasteiger partial charge in [0.15, 0.2) is 11.5 Å². The Bertz CT molecular complexity index is 871. The Kier molecular flexibility index (Phi) is 6.10. The monoisotopic (exact) mass is 364 g/mol. The number of benzene rings is 2. The van der Waals surface area contributed by atoms with Gasteiger partial charge in [0.1, 0.15) is 5.82 Å². The van der Waals surface area contributed by atoms with Crippen molar-refractivity contribution in [3.63, 3.8) is 0 Å². The number of hydrogen-bond donors (Lipinski definition) is 2. The smallest absolute Gasteiger partial charge is 0.224 e. The maximum absolute atomic E-state index is 5.34. The van der Waals surface area contributed by atoms with Crippen molar-refractivity contribution in [2.45, 2.75) is 19.5 Å². The topological polar surface area (TPSA) is 68.3 Å². The van der Waals surface area contributed by atoms with Gasteiger partial charge in [0.25, 0.3) is 0 Å². The van der Waals surface area contributed by atoms with Gasteiger partial charge in [-0.3, -0.25) is 0 Å². The van der Waals surface area contributed by atoms with Crippen molar-refractivity contribution in [1.82, 2.24) is 9.97 Å². The summed E-state index contributed by atoms with van der Waals surface area (Å²) >= 11 is 0. The number of nitrogens with one attached hydrogen (secondary N) is 2. The number of anilines is 2. The van der Waals surface area contributed by atoms with Gasteiger partial charge in [-0.1, -0.05) is 36.4 Å². The van der Waals surface area contributed by atoms with Crippen molar-refractivity contribution in [3.8, 4) is 11.5 Å². The highest BCUT2D eigenvalue weighted by molar-refractivity contribution is 5.45. The van der Waals surface area contributed by atoms with Crippen LogP contribution in [0.5, 0.6) is 11.5 Å². The summed E-state index contributed by atoms with van der Waals surface area (Å²) < 4.78 is 10.6. The molecule has 0 saturated carbocycles. The first-order chi connectivity index (χ1) is 13.2. The zero-order valence-corrected chi connectivity index (χ0v) is 15.8. The fourth-order valence-electron chi connectivity index (χ4n) is 2.74. The summed E-state index contributed by atoms with van der Waals surface area (Å²) in [4.78, 5) is 8.83. The van der Waals surface area contributed by atoms with Crippen LogP contribution in [0.15, 0.2) is 60.8 Å². The minimum atomic E-state index is 0.153. The van der Waals surface area contributed by atoms with Crippen LogP contribution in [0.3, 0.4) is 0 Å². The van der Waals surface area contributed by atoms with Gasteiger partial charge in [-0.2, -0.15) is 4.98 Å². The Labute approximate surface area is 159 Å². The molecule has 1 unspecified atom stereocenters. The zero-order chi connectivity index (χ0) is 19.1. The molecule has 0 aliphatic rings. The number of ether oxygens (including phenoxy) is 2. The van der Waals surface area contributed by atoms with E-state index in [1.165, 1.54) is 5.56 Å². The quantitative estimate of drug-likeness (QED) is 0.622. The number of aromatic nitrogens is 2. The third kappa shape index (κ3) is 4.88. The first-order valence-electron chi connectivity index (χ1n) is 8.79. The molecule has 0 aliphatic carbocycles. The molecule has 1 heterocycles. The van der Waals surface area contributed by atoms with Gasteiger partial charge in [-0.25, -0.2) is 4.98 Å². The van der Waals surface area contributed by atoms with Gasteiger partial charge in [0, 0.05) is 18.8 Å². The Balaban J connectivity index is 1.64. The molecular weight excluding hydrogens is 340 g/mol. The molecule has 0 radical (unpaired) electrons. The van der Waals surface area contributed by atoms with Gasteiger partial charge in [-0.15, -0.1) is 0 Å². The van der Waals surface area contributed by atoms with Crippen molar-refractivity contribution < 1.29 is 9.47 Å². The third-order valence-corrected chi connectivity index (χ3v) is 4.22. The van der Waals surface area contributed by atoms with Crippen LogP contribution < -0.4 is 20.1 Å². The number of methoxy groups -OCH3 is 2. The Morgan fingerprint density at radius 3 is 2.48 bits per heavy atom. The second-order valence-corrected chi connectivity index (χ2v) is 6.09. The predicted octanol–water partition coefficient (Wildman–Crippen LogP) is 4.28. The molecule has 0 aliphatic heterocycles. The van der Waals surface area contributed by atoms with Crippen molar-refractivity contribution in [3.05, 3.63) is 71.9 Å². The molecule has 140 valence electrons. The molecule has 0 fully saturated rings. The molecule has 1 aromatic heterocycles. The van der Waals surface area contributed by atoms with Crippen molar-refractivity contribution in [1.29, 1.82) is 0 Å². The van der Waals surface area contributed by atoms with Crippen LogP contribution in [0.2, 0.25) is 0 Å². The molecule has 0 spiro atoms. The van der Waals surface area contributed by atoms with Crippen LogP contribution in [0.25, 0.3) is 0 Å². The van der Waals surface area contributed by atoms with Crippen LogP contribution in [0, 0.1) is 0 Å². The van der Waals surface area contributed by atoms with Gasteiger partial charge < -0.3 is 20.1 Å². The molecule has 6 heteroatoms. The van der Waals surface area contributed by atoms with E-state index in [0.717, 1.165) is 11.4 Å². The van der Waals surface area contributed by atoms with Crippen LogP contribution in [-0.4, -0.2) is 24.2 Å². The number of rotatable bonds is 8. The molecule has 0 saturated heterocycles. The predicted molar refractivity (Wildman–Crippen MR) is 107 cm³/mol. The summed E-state index contributed by atoms with van der Waals surface area (Å²) in [6.45, 7) is 2.69. The minimum Gasteiger partial charge on any atom is -0.493 e.